The topological polar surface area (TPSA) is 41.9 Å². The van der Waals surface area contributed by atoms with Gasteiger partial charge in [0.25, 0.3) is 0 Å². The number of ether oxygens (including phenoxy) is 1. The Kier molecular flexibility index (Phi) is 5.00. The molecule has 2 aliphatic rings. The van der Waals surface area contributed by atoms with Gasteiger partial charge in [0.15, 0.2) is 0 Å². The third-order valence-corrected chi connectivity index (χ3v) is 4.44. The molecule has 0 radical (unpaired) electrons. The fraction of sp³-hybridized carbons (Fsp3) is 0.263. The molecule has 0 saturated carbocycles. The van der Waals surface area contributed by atoms with Crippen LogP contribution in [0.5, 0.6) is 0 Å². The SMILES string of the molecule is CCOC(=O)CN1C(C)=NC2C=CC(Br)=CC2=C1c1ccccc1. The Morgan fingerprint density at radius 1 is 1.33 bits per heavy atom. The normalized spacial score (nSPS) is 19.6. The molecule has 1 aliphatic heterocycles. The van der Waals surface area contributed by atoms with Crippen LogP contribution in [0.3, 0.4) is 0 Å². The maximum atomic E-state index is 12.1. The molecular weight excluding hydrogens is 368 g/mol. The summed E-state index contributed by atoms with van der Waals surface area (Å²) in [7, 11) is 0. The molecule has 4 nitrogen and oxygen atoms in total. The quantitative estimate of drug-likeness (QED) is 0.736. The minimum atomic E-state index is -0.256. The fourth-order valence-electron chi connectivity index (χ4n) is 2.93. The van der Waals surface area contributed by atoms with E-state index in [2.05, 4.69) is 40.2 Å². The van der Waals surface area contributed by atoms with Crippen molar-refractivity contribution in [2.45, 2.75) is 19.9 Å². The lowest BCUT2D eigenvalue weighted by molar-refractivity contribution is -0.142. The summed E-state index contributed by atoms with van der Waals surface area (Å²) in [5, 5.41) is 0. The molecule has 0 saturated heterocycles. The predicted octanol–water partition coefficient (Wildman–Crippen LogP) is 3.91. The molecule has 124 valence electrons. The summed E-state index contributed by atoms with van der Waals surface area (Å²) in [5.41, 5.74) is 3.14. The van der Waals surface area contributed by atoms with Gasteiger partial charge in [0.2, 0.25) is 0 Å². The number of nitrogens with zero attached hydrogens (tertiary/aromatic N) is 2. The number of hydrogen-bond donors (Lipinski definition) is 0. The van der Waals surface area contributed by atoms with Crippen molar-refractivity contribution in [2.24, 2.45) is 4.99 Å². The molecule has 0 amide bonds. The Bertz CT molecular complexity index is 763. The van der Waals surface area contributed by atoms with Gasteiger partial charge in [-0.2, -0.15) is 0 Å². The van der Waals surface area contributed by atoms with Crippen LogP contribution in [0.25, 0.3) is 5.70 Å². The molecule has 1 heterocycles. The summed E-state index contributed by atoms with van der Waals surface area (Å²) in [5.74, 6) is 0.556. The van der Waals surface area contributed by atoms with Crippen LogP contribution in [0.4, 0.5) is 0 Å². The largest absolute Gasteiger partial charge is 0.465 e. The smallest absolute Gasteiger partial charge is 0.326 e. The first-order chi connectivity index (χ1) is 11.6. The van der Waals surface area contributed by atoms with Crippen molar-refractivity contribution < 1.29 is 9.53 Å². The number of carbonyl (C=O) groups excluding carboxylic acids is 1. The highest BCUT2D eigenvalue weighted by Crippen LogP contribution is 2.35. The number of rotatable bonds is 4. The van der Waals surface area contributed by atoms with E-state index in [0.717, 1.165) is 27.2 Å². The molecular formula is C19H19BrN2O2. The third-order valence-electron chi connectivity index (χ3n) is 3.95. The molecule has 1 unspecified atom stereocenters. The number of carbonyl (C=O) groups is 1. The first-order valence-corrected chi connectivity index (χ1v) is 8.72. The molecule has 0 aromatic heterocycles. The third kappa shape index (κ3) is 3.36. The zero-order valence-corrected chi connectivity index (χ0v) is 15.3. The van der Waals surface area contributed by atoms with E-state index in [1.807, 2.05) is 43.0 Å². The molecule has 24 heavy (non-hydrogen) atoms. The Morgan fingerprint density at radius 2 is 2.08 bits per heavy atom. The molecule has 0 N–H and O–H groups in total. The summed E-state index contributed by atoms with van der Waals surface area (Å²) in [6, 6.07) is 10.1. The van der Waals surface area contributed by atoms with Crippen LogP contribution < -0.4 is 0 Å². The van der Waals surface area contributed by atoms with Crippen molar-refractivity contribution in [3.8, 4) is 0 Å². The second-order valence-electron chi connectivity index (χ2n) is 5.57. The predicted molar refractivity (Wildman–Crippen MR) is 99.7 cm³/mol. The molecule has 1 atom stereocenters. The van der Waals surface area contributed by atoms with Crippen LogP contribution in [0, 0.1) is 0 Å². The number of amidine groups is 1. The van der Waals surface area contributed by atoms with Crippen molar-refractivity contribution in [3.63, 3.8) is 0 Å². The zero-order valence-electron chi connectivity index (χ0n) is 13.7. The monoisotopic (exact) mass is 386 g/mol. The lowest BCUT2D eigenvalue weighted by Gasteiger charge is -2.35. The van der Waals surface area contributed by atoms with Crippen LogP contribution in [-0.4, -0.2) is 35.9 Å². The van der Waals surface area contributed by atoms with Gasteiger partial charge >= 0.3 is 5.97 Å². The van der Waals surface area contributed by atoms with Crippen molar-refractivity contribution in [1.82, 2.24) is 4.90 Å². The number of benzene rings is 1. The summed E-state index contributed by atoms with van der Waals surface area (Å²) >= 11 is 3.54. The van der Waals surface area contributed by atoms with Crippen LogP contribution in [0.1, 0.15) is 19.4 Å². The second kappa shape index (κ2) is 7.18. The number of esters is 1. The Hall–Kier alpha value is -2.14. The number of halogens is 1. The Labute approximate surface area is 150 Å². The Balaban J connectivity index is 2.09. The molecule has 0 fully saturated rings. The maximum Gasteiger partial charge on any atom is 0.326 e. The van der Waals surface area contributed by atoms with E-state index in [1.165, 1.54) is 0 Å². The average Bonchev–Trinajstić information content (AvgIpc) is 2.57. The van der Waals surface area contributed by atoms with Crippen LogP contribution in [0.2, 0.25) is 0 Å². The molecule has 0 spiro atoms. The minimum Gasteiger partial charge on any atom is -0.465 e. The van der Waals surface area contributed by atoms with E-state index in [0.29, 0.717) is 6.61 Å². The highest BCUT2D eigenvalue weighted by atomic mass is 79.9. The summed E-state index contributed by atoms with van der Waals surface area (Å²) in [6.45, 7) is 4.27. The van der Waals surface area contributed by atoms with E-state index in [1.54, 1.807) is 0 Å². The first-order valence-electron chi connectivity index (χ1n) is 7.92. The van der Waals surface area contributed by atoms with Gasteiger partial charge in [0.05, 0.1) is 18.3 Å². The number of allylic oxidation sites excluding steroid dienone is 2. The maximum absolute atomic E-state index is 12.1. The van der Waals surface area contributed by atoms with Gasteiger partial charge in [0, 0.05) is 10.1 Å². The number of aliphatic imine (C=N–C) groups is 1. The lowest BCUT2D eigenvalue weighted by Crippen LogP contribution is -2.38. The minimum absolute atomic E-state index is 0.0278. The van der Waals surface area contributed by atoms with E-state index in [-0.39, 0.29) is 18.6 Å². The van der Waals surface area contributed by atoms with Crippen molar-refractivity contribution in [3.05, 3.63) is 64.2 Å². The van der Waals surface area contributed by atoms with Crippen molar-refractivity contribution in [2.75, 3.05) is 13.2 Å². The molecule has 3 rings (SSSR count). The van der Waals surface area contributed by atoms with Crippen molar-refractivity contribution >= 4 is 33.4 Å². The van der Waals surface area contributed by atoms with Gasteiger partial charge in [0.1, 0.15) is 12.4 Å². The fourth-order valence-corrected chi connectivity index (χ4v) is 3.33. The Morgan fingerprint density at radius 3 is 2.79 bits per heavy atom. The highest BCUT2D eigenvalue weighted by molar-refractivity contribution is 9.11. The first kappa shape index (κ1) is 16.7. The number of hydrogen-bond acceptors (Lipinski definition) is 4. The van der Waals surface area contributed by atoms with Crippen LogP contribution in [0.15, 0.2) is 63.6 Å². The van der Waals surface area contributed by atoms with Gasteiger partial charge in [-0.15, -0.1) is 0 Å². The van der Waals surface area contributed by atoms with Gasteiger partial charge in [-0.05, 0) is 31.6 Å². The zero-order chi connectivity index (χ0) is 17.1. The molecule has 0 bridgehead atoms. The molecule has 1 aromatic carbocycles. The summed E-state index contributed by atoms with van der Waals surface area (Å²) < 4.78 is 6.13. The van der Waals surface area contributed by atoms with Crippen LogP contribution in [-0.2, 0) is 9.53 Å². The average molecular weight is 387 g/mol. The van der Waals surface area contributed by atoms with Crippen LogP contribution >= 0.6 is 15.9 Å². The summed E-state index contributed by atoms with van der Waals surface area (Å²) in [6.07, 6.45) is 6.14. The lowest BCUT2D eigenvalue weighted by atomic mass is 9.94. The second-order valence-corrected chi connectivity index (χ2v) is 6.49. The number of fused-ring (bicyclic) bond motifs is 1. The van der Waals surface area contributed by atoms with E-state index in [4.69, 9.17) is 9.73 Å². The van der Waals surface area contributed by atoms with E-state index >= 15 is 0 Å². The van der Waals surface area contributed by atoms with E-state index in [9.17, 15) is 4.79 Å². The molecule has 1 aliphatic carbocycles. The highest BCUT2D eigenvalue weighted by Gasteiger charge is 2.30. The standard InChI is InChI=1S/C19H19BrN2O2/c1-3-24-18(23)12-22-13(2)21-17-10-9-15(20)11-16(17)19(22)14-7-5-4-6-8-14/h4-11,17H,3,12H2,1-2H3. The van der Waals surface area contributed by atoms with Crippen molar-refractivity contribution in [1.29, 1.82) is 0 Å². The van der Waals surface area contributed by atoms with Gasteiger partial charge < -0.3 is 9.64 Å². The molecule has 1 aromatic rings. The van der Waals surface area contributed by atoms with Gasteiger partial charge in [-0.3, -0.25) is 9.79 Å². The van der Waals surface area contributed by atoms with Gasteiger partial charge in [-0.25, -0.2) is 0 Å². The van der Waals surface area contributed by atoms with E-state index < -0.39 is 0 Å². The summed E-state index contributed by atoms with van der Waals surface area (Å²) in [4.78, 5) is 18.8. The van der Waals surface area contributed by atoms with Gasteiger partial charge in [-0.1, -0.05) is 52.3 Å². The molecule has 5 heteroatoms.